The van der Waals surface area contributed by atoms with Crippen LogP contribution in [0.15, 0.2) is 71.8 Å². The average molecular weight is 361 g/mol. The van der Waals surface area contributed by atoms with E-state index in [0.29, 0.717) is 5.69 Å². The number of carbonyl (C=O) groups is 1. The van der Waals surface area contributed by atoms with E-state index in [0.717, 1.165) is 17.3 Å². The van der Waals surface area contributed by atoms with Gasteiger partial charge in [-0.05, 0) is 30.0 Å². The number of non-ortho nitro benzene ring substituents is 1. The largest absolute Gasteiger partial charge is 0.281 e. The number of benzene rings is 2. The first-order valence-electron chi connectivity index (χ1n) is 7.51. The summed E-state index contributed by atoms with van der Waals surface area (Å²) >= 11 is 0.782. The summed E-state index contributed by atoms with van der Waals surface area (Å²) in [6.45, 7) is 0. The molecule has 0 atom stereocenters. The van der Waals surface area contributed by atoms with Crippen LogP contribution in [0.2, 0.25) is 0 Å². The highest BCUT2D eigenvalue weighted by Gasteiger charge is 2.16. The molecule has 3 aromatic rings. The summed E-state index contributed by atoms with van der Waals surface area (Å²) < 4.78 is 0. The van der Waals surface area contributed by atoms with Gasteiger partial charge in [-0.2, -0.15) is 5.26 Å². The quantitative estimate of drug-likeness (QED) is 0.386. The van der Waals surface area contributed by atoms with Crippen LogP contribution in [0.5, 0.6) is 0 Å². The topological polar surface area (TPSA) is 96.9 Å². The number of rotatable bonds is 4. The Labute approximate surface area is 153 Å². The fourth-order valence-electron chi connectivity index (χ4n) is 2.27. The van der Waals surface area contributed by atoms with Crippen molar-refractivity contribution in [3.05, 3.63) is 88.0 Å². The Balaban J connectivity index is 1.93. The zero-order valence-corrected chi connectivity index (χ0v) is 14.1. The van der Waals surface area contributed by atoms with Crippen molar-refractivity contribution in [3.8, 4) is 17.3 Å². The number of pyridine rings is 1. The second-order valence-corrected chi connectivity index (χ2v) is 6.19. The maximum Gasteiger partial charge on any atom is 0.270 e. The molecule has 2 aromatic carbocycles. The van der Waals surface area contributed by atoms with E-state index in [1.165, 1.54) is 24.3 Å². The van der Waals surface area contributed by atoms with E-state index >= 15 is 0 Å². The van der Waals surface area contributed by atoms with Gasteiger partial charge in [0.2, 0.25) is 5.12 Å². The standard InChI is InChI=1S/C19H11N3O3S/c20-12-15-9-10-17(13-5-2-1-3-6-13)21-18(15)26-19(23)14-7-4-8-16(11-14)22(24)25/h1-11H. The average Bonchev–Trinajstić information content (AvgIpc) is 2.68. The summed E-state index contributed by atoms with van der Waals surface area (Å²) in [5, 5.41) is 20.0. The number of aromatic nitrogens is 1. The van der Waals surface area contributed by atoms with Crippen molar-refractivity contribution in [3.63, 3.8) is 0 Å². The minimum atomic E-state index is -0.559. The highest BCUT2D eigenvalue weighted by Crippen LogP contribution is 2.28. The lowest BCUT2D eigenvalue weighted by molar-refractivity contribution is -0.384. The third-order valence-electron chi connectivity index (χ3n) is 3.53. The predicted molar refractivity (Wildman–Crippen MR) is 97.7 cm³/mol. The van der Waals surface area contributed by atoms with Gasteiger partial charge in [-0.25, -0.2) is 4.98 Å². The molecule has 0 aliphatic heterocycles. The molecule has 7 heteroatoms. The number of nitriles is 1. The Morgan fingerprint density at radius 3 is 2.54 bits per heavy atom. The van der Waals surface area contributed by atoms with E-state index in [1.807, 2.05) is 36.4 Å². The van der Waals surface area contributed by atoms with Gasteiger partial charge in [0.25, 0.3) is 5.69 Å². The molecule has 0 aliphatic carbocycles. The molecule has 0 saturated carbocycles. The van der Waals surface area contributed by atoms with Crippen molar-refractivity contribution in [1.29, 1.82) is 5.26 Å². The summed E-state index contributed by atoms with van der Waals surface area (Å²) in [4.78, 5) is 27.2. The van der Waals surface area contributed by atoms with E-state index in [-0.39, 0.29) is 21.8 Å². The van der Waals surface area contributed by atoms with Gasteiger partial charge in [-0.1, -0.05) is 36.4 Å². The van der Waals surface area contributed by atoms with Crippen LogP contribution < -0.4 is 0 Å². The van der Waals surface area contributed by atoms with Crippen LogP contribution in [0.4, 0.5) is 5.69 Å². The monoisotopic (exact) mass is 361 g/mol. The summed E-state index contributed by atoms with van der Waals surface area (Å²) in [5.41, 5.74) is 1.79. The van der Waals surface area contributed by atoms with Crippen molar-refractivity contribution in [2.45, 2.75) is 5.03 Å². The van der Waals surface area contributed by atoms with E-state index in [1.54, 1.807) is 12.1 Å². The first-order chi connectivity index (χ1) is 12.6. The second kappa shape index (κ2) is 7.59. The molecular weight excluding hydrogens is 350 g/mol. The highest BCUT2D eigenvalue weighted by molar-refractivity contribution is 8.14. The van der Waals surface area contributed by atoms with Crippen LogP contribution in [0.25, 0.3) is 11.3 Å². The Bertz CT molecular complexity index is 1030. The molecule has 0 radical (unpaired) electrons. The van der Waals surface area contributed by atoms with Crippen LogP contribution >= 0.6 is 11.8 Å². The Hall–Kier alpha value is -3.50. The van der Waals surface area contributed by atoms with Crippen LogP contribution in [0.1, 0.15) is 15.9 Å². The molecule has 0 saturated heterocycles. The number of nitrogens with zero attached hydrogens (tertiary/aromatic N) is 3. The molecule has 0 unspecified atom stereocenters. The third kappa shape index (κ3) is 3.77. The molecule has 126 valence electrons. The molecule has 0 aliphatic rings. The second-order valence-electron chi connectivity index (χ2n) is 5.22. The lowest BCUT2D eigenvalue weighted by Crippen LogP contribution is -1.98. The predicted octanol–water partition coefficient (Wildman–Crippen LogP) is 4.46. The molecule has 1 heterocycles. The van der Waals surface area contributed by atoms with Gasteiger partial charge < -0.3 is 0 Å². The molecule has 3 rings (SSSR count). The fraction of sp³-hybridized carbons (Fsp3) is 0. The highest BCUT2D eigenvalue weighted by atomic mass is 32.2. The van der Waals surface area contributed by atoms with Gasteiger partial charge in [0, 0.05) is 23.3 Å². The van der Waals surface area contributed by atoms with Crippen LogP contribution in [-0.2, 0) is 0 Å². The maximum atomic E-state index is 12.5. The lowest BCUT2D eigenvalue weighted by Gasteiger charge is -2.06. The number of thioether (sulfide) groups is 1. The first-order valence-corrected chi connectivity index (χ1v) is 8.33. The van der Waals surface area contributed by atoms with E-state index < -0.39 is 10.0 Å². The van der Waals surface area contributed by atoms with E-state index in [4.69, 9.17) is 0 Å². The Kier molecular flexibility index (Phi) is 5.06. The van der Waals surface area contributed by atoms with Crippen LogP contribution in [0.3, 0.4) is 0 Å². The number of carbonyl (C=O) groups excluding carboxylic acids is 1. The maximum absolute atomic E-state index is 12.5. The zero-order valence-electron chi connectivity index (χ0n) is 13.3. The van der Waals surface area contributed by atoms with Crippen molar-refractivity contribution in [1.82, 2.24) is 4.98 Å². The molecule has 1 aromatic heterocycles. The van der Waals surface area contributed by atoms with E-state index in [9.17, 15) is 20.2 Å². The minimum Gasteiger partial charge on any atom is -0.281 e. The van der Waals surface area contributed by atoms with Gasteiger partial charge in [0.05, 0.1) is 16.2 Å². The molecular formula is C19H11N3O3S. The van der Waals surface area contributed by atoms with Gasteiger partial charge in [0.15, 0.2) is 0 Å². The molecule has 0 amide bonds. The molecule has 0 N–H and O–H groups in total. The van der Waals surface area contributed by atoms with Gasteiger partial charge in [-0.3, -0.25) is 14.9 Å². The molecule has 0 spiro atoms. The number of nitro benzene ring substituents is 1. The van der Waals surface area contributed by atoms with Gasteiger partial charge in [0.1, 0.15) is 11.1 Å². The molecule has 0 bridgehead atoms. The normalized spacial score (nSPS) is 10.1. The summed E-state index contributed by atoms with van der Waals surface area (Å²) in [5.74, 6) is 0. The van der Waals surface area contributed by atoms with Crippen molar-refractivity contribution >= 4 is 22.6 Å². The Morgan fingerprint density at radius 2 is 1.85 bits per heavy atom. The summed E-state index contributed by atoms with van der Waals surface area (Å²) in [7, 11) is 0. The SMILES string of the molecule is N#Cc1ccc(-c2ccccc2)nc1SC(=O)c1cccc([N+](=O)[O-])c1. The minimum absolute atomic E-state index is 0.164. The van der Waals surface area contributed by atoms with Crippen LogP contribution in [0, 0.1) is 21.4 Å². The van der Waals surface area contributed by atoms with Gasteiger partial charge >= 0.3 is 0 Å². The zero-order chi connectivity index (χ0) is 18.5. The third-order valence-corrected chi connectivity index (χ3v) is 4.46. The number of nitro groups is 1. The lowest BCUT2D eigenvalue weighted by atomic mass is 10.1. The van der Waals surface area contributed by atoms with Crippen molar-refractivity contribution in [2.24, 2.45) is 0 Å². The number of hydrogen-bond acceptors (Lipinski definition) is 6. The Morgan fingerprint density at radius 1 is 1.08 bits per heavy atom. The summed E-state index contributed by atoms with van der Waals surface area (Å²) in [6, 6.07) is 20.2. The fourth-order valence-corrected chi connectivity index (χ4v) is 3.05. The van der Waals surface area contributed by atoms with Crippen molar-refractivity contribution in [2.75, 3.05) is 0 Å². The number of hydrogen-bond donors (Lipinski definition) is 0. The summed E-state index contributed by atoms with van der Waals surface area (Å²) in [6.07, 6.45) is 0. The van der Waals surface area contributed by atoms with Crippen molar-refractivity contribution < 1.29 is 9.72 Å². The smallest absolute Gasteiger partial charge is 0.270 e. The van der Waals surface area contributed by atoms with E-state index in [2.05, 4.69) is 4.98 Å². The first kappa shape index (κ1) is 17.3. The molecule has 6 nitrogen and oxygen atoms in total. The molecule has 26 heavy (non-hydrogen) atoms. The molecule has 0 fully saturated rings. The van der Waals surface area contributed by atoms with Crippen LogP contribution in [-0.4, -0.2) is 15.0 Å². The van der Waals surface area contributed by atoms with Gasteiger partial charge in [-0.15, -0.1) is 0 Å².